The summed E-state index contributed by atoms with van der Waals surface area (Å²) in [6.45, 7) is 8.85. The van der Waals surface area contributed by atoms with E-state index in [1.165, 1.54) is 11.6 Å². The fraction of sp³-hybridized carbons (Fsp3) is 0.286. The van der Waals surface area contributed by atoms with Crippen molar-refractivity contribution in [1.29, 1.82) is 0 Å². The molecule has 1 heterocycles. The summed E-state index contributed by atoms with van der Waals surface area (Å²) in [6, 6.07) is 15.4. The molecule has 0 bridgehead atoms. The summed E-state index contributed by atoms with van der Waals surface area (Å²) in [5.74, 6) is 0.788. The molecular formula is C21H22O3. The molecule has 0 aliphatic carbocycles. The van der Waals surface area contributed by atoms with Crippen LogP contribution in [0.15, 0.2) is 57.7 Å². The molecule has 0 fully saturated rings. The lowest BCUT2D eigenvalue weighted by Crippen LogP contribution is -2.10. The lowest BCUT2D eigenvalue weighted by Gasteiger charge is -2.19. The second kappa shape index (κ2) is 6.16. The van der Waals surface area contributed by atoms with Crippen molar-refractivity contribution < 1.29 is 9.15 Å². The summed E-state index contributed by atoms with van der Waals surface area (Å²) in [6.07, 6.45) is 0. The highest BCUT2D eigenvalue weighted by Gasteiger charge is 2.13. The Bertz CT molecular complexity index is 912. The molecule has 0 N–H and O–H groups in total. The largest absolute Gasteiger partial charge is 0.489 e. The van der Waals surface area contributed by atoms with Crippen LogP contribution in [-0.2, 0) is 12.0 Å². The molecule has 0 unspecified atom stereocenters. The smallest absolute Gasteiger partial charge is 0.336 e. The number of hydrogen-bond acceptors (Lipinski definition) is 3. The fourth-order valence-corrected chi connectivity index (χ4v) is 2.67. The standard InChI is InChI=1S/C21H22O3/c1-14-5-10-18-15(12-20(22)24-19(18)11-14)13-23-17-8-6-16(7-9-17)21(2,3)4/h5-12H,13H2,1-4H3. The predicted octanol–water partition coefficient (Wildman–Crippen LogP) is 4.98. The molecule has 2 aromatic carbocycles. The maximum absolute atomic E-state index is 11.8. The highest BCUT2D eigenvalue weighted by atomic mass is 16.5. The molecule has 0 saturated carbocycles. The molecule has 0 spiro atoms. The molecule has 0 atom stereocenters. The molecule has 0 saturated heterocycles. The van der Waals surface area contributed by atoms with Gasteiger partial charge in [0.05, 0.1) is 0 Å². The van der Waals surface area contributed by atoms with Gasteiger partial charge in [0.2, 0.25) is 0 Å². The van der Waals surface area contributed by atoms with Gasteiger partial charge in [-0.15, -0.1) is 0 Å². The highest BCUT2D eigenvalue weighted by Crippen LogP contribution is 2.25. The van der Waals surface area contributed by atoms with Gasteiger partial charge in [-0.3, -0.25) is 0 Å². The maximum Gasteiger partial charge on any atom is 0.336 e. The maximum atomic E-state index is 11.8. The first-order chi connectivity index (χ1) is 11.3. The Kier molecular flexibility index (Phi) is 4.18. The number of ether oxygens (including phenoxy) is 1. The summed E-state index contributed by atoms with van der Waals surface area (Å²) in [7, 11) is 0. The Balaban J connectivity index is 1.84. The minimum Gasteiger partial charge on any atom is -0.489 e. The summed E-state index contributed by atoms with van der Waals surface area (Å²) in [5, 5.41) is 0.909. The van der Waals surface area contributed by atoms with Crippen LogP contribution < -0.4 is 10.4 Å². The van der Waals surface area contributed by atoms with E-state index in [1.807, 2.05) is 37.3 Å². The first-order valence-electron chi connectivity index (χ1n) is 8.10. The van der Waals surface area contributed by atoms with E-state index >= 15 is 0 Å². The Hall–Kier alpha value is -2.55. The molecule has 3 heteroatoms. The van der Waals surface area contributed by atoms with Crippen molar-refractivity contribution in [3.8, 4) is 5.75 Å². The van der Waals surface area contributed by atoms with Gasteiger partial charge in [-0.1, -0.05) is 45.0 Å². The van der Waals surface area contributed by atoms with Crippen molar-refractivity contribution in [2.75, 3.05) is 0 Å². The van der Waals surface area contributed by atoms with Crippen LogP contribution in [0.3, 0.4) is 0 Å². The Morgan fingerprint density at radius 3 is 2.38 bits per heavy atom. The third-order valence-electron chi connectivity index (χ3n) is 4.10. The molecule has 0 aliphatic heterocycles. The number of rotatable bonds is 3. The molecule has 3 rings (SSSR count). The molecule has 0 amide bonds. The van der Waals surface area contributed by atoms with Crippen LogP contribution >= 0.6 is 0 Å². The lowest BCUT2D eigenvalue weighted by atomic mass is 9.87. The summed E-state index contributed by atoms with van der Waals surface area (Å²) in [4.78, 5) is 11.8. The van der Waals surface area contributed by atoms with Crippen molar-refractivity contribution in [1.82, 2.24) is 0 Å². The van der Waals surface area contributed by atoms with E-state index in [1.54, 1.807) is 0 Å². The van der Waals surface area contributed by atoms with Crippen molar-refractivity contribution in [2.24, 2.45) is 0 Å². The molecule has 3 aromatic rings. The van der Waals surface area contributed by atoms with Crippen LogP contribution in [-0.4, -0.2) is 0 Å². The zero-order chi connectivity index (χ0) is 17.3. The zero-order valence-corrected chi connectivity index (χ0v) is 14.6. The van der Waals surface area contributed by atoms with Crippen molar-refractivity contribution in [2.45, 2.75) is 39.7 Å². The summed E-state index contributed by atoms with van der Waals surface area (Å²) < 4.78 is 11.1. The van der Waals surface area contributed by atoms with Gasteiger partial charge < -0.3 is 9.15 Å². The van der Waals surface area contributed by atoms with Crippen molar-refractivity contribution in [3.05, 3.63) is 75.6 Å². The van der Waals surface area contributed by atoms with Crippen LogP contribution in [0.1, 0.15) is 37.5 Å². The molecule has 3 nitrogen and oxygen atoms in total. The molecule has 0 aliphatic rings. The Morgan fingerprint density at radius 1 is 1.00 bits per heavy atom. The average molecular weight is 322 g/mol. The molecule has 24 heavy (non-hydrogen) atoms. The van der Waals surface area contributed by atoms with E-state index in [-0.39, 0.29) is 11.0 Å². The third-order valence-corrected chi connectivity index (χ3v) is 4.10. The third kappa shape index (κ3) is 3.51. The van der Waals surface area contributed by atoms with Crippen LogP contribution in [0.2, 0.25) is 0 Å². The van der Waals surface area contributed by atoms with E-state index in [4.69, 9.17) is 9.15 Å². The minimum atomic E-state index is -0.352. The van der Waals surface area contributed by atoms with E-state index < -0.39 is 0 Å². The topological polar surface area (TPSA) is 39.4 Å². The van der Waals surface area contributed by atoms with Crippen LogP contribution in [0, 0.1) is 6.92 Å². The predicted molar refractivity (Wildman–Crippen MR) is 96.7 cm³/mol. The summed E-state index contributed by atoms with van der Waals surface area (Å²) in [5.41, 5.74) is 3.52. The fourth-order valence-electron chi connectivity index (χ4n) is 2.67. The van der Waals surface area contributed by atoms with E-state index in [2.05, 4.69) is 32.9 Å². The van der Waals surface area contributed by atoms with E-state index in [0.29, 0.717) is 12.2 Å². The van der Waals surface area contributed by atoms with Crippen LogP contribution in [0.25, 0.3) is 11.0 Å². The Morgan fingerprint density at radius 2 is 1.71 bits per heavy atom. The van der Waals surface area contributed by atoms with Crippen molar-refractivity contribution >= 4 is 11.0 Å². The van der Waals surface area contributed by atoms with E-state index in [9.17, 15) is 4.79 Å². The highest BCUT2D eigenvalue weighted by molar-refractivity contribution is 5.80. The quantitative estimate of drug-likeness (QED) is 0.639. The van der Waals surface area contributed by atoms with Gasteiger partial charge in [-0.2, -0.15) is 0 Å². The van der Waals surface area contributed by atoms with Gasteiger partial charge in [0.15, 0.2) is 0 Å². The second-order valence-corrected chi connectivity index (χ2v) is 7.15. The zero-order valence-electron chi connectivity index (χ0n) is 14.6. The van der Waals surface area contributed by atoms with Crippen LogP contribution in [0.5, 0.6) is 5.75 Å². The monoisotopic (exact) mass is 322 g/mol. The first kappa shape index (κ1) is 16.3. The average Bonchev–Trinajstić information content (AvgIpc) is 2.51. The number of aryl methyl sites for hydroxylation is 1. The molecular weight excluding hydrogens is 300 g/mol. The molecule has 124 valence electrons. The van der Waals surface area contributed by atoms with Gasteiger partial charge in [-0.05, 0) is 41.7 Å². The van der Waals surface area contributed by atoms with Crippen LogP contribution in [0.4, 0.5) is 0 Å². The second-order valence-electron chi connectivity index (χ2n) is 7.15. The van der Waals surface area contributed by atoms with Gasteiger partial charge >= 0.3 is 5.63 Å². The van der Waals surface area contributed by atoms with Crippen molar-refractivity contribution in [3.63, 3.8) is 0 Å². The molecule has 0 radical (unpaired) electrons. The van der Waals surface area contributed by atoms with E-state index in [0.717, 1.165) is 22.3 Å². The Labute approximate surface area is 141 Å². The van der Waals surface area contributed by atoms with Gasteiger partial charge in [-0.25, -0.2) is 4.79 Å². The number of hydrogen-bond donors (Lipinski definition) is 0. The minimum absolute atomic E-state index is 0.116. The first-order valence-corrected chi connectivity index (χ1v) is 8.10. The van der Waals surface area contributed by atoms with Gasteiger partial charge in [0.1, 0.15) is 17.9 Å². The summed E-state index contributed by atoms with van der Waals surface area (Å²) >= 11 is 0. The van der Waals surface area contributed by atoms with Gasteiger partial charge in [0, 0.05) is 17.0 Å². The number of benzene rings is 2. The normalized spacial score (nSPS) is 11.7. The van der Waals surface area contributed by atoms with Gasteiger partial charge in [0.25, 0.3) is 0 Å². The molecule has 1 aromatic heterocycles. The number of fused-ring (bicyclic) bond motifs is 1. The SMILES string of the molecule is Cc1ccc2c(COc3ccc(C(C)(C)C)cc3)cc(=O)oc2c1. The lowest BCUT2D eigenvalue weighted by molar-refractivity contribution is 0.306.